The van der Waals surface area contributed by atoms with Crippen molar-refractivity contribution >= 4 is 11.9 Å². The van der Waals surface area contributed by atoms with E-state index in [1.807, 2.05) is 0 Å². The third kappa shape index (κ3) is 35.9. The van der Waals surface area contributed by atoms with Gasteiger partial charge in [0.15, 0.2) is 0 Å². The Morgan fingerprint density at radius 1 is 0.326 bits per heavy atom. The van der Waals surface area contributed by atoms with Crippen LogP contribution in [0.4, 0.5) is 0 Å². The molecule has 0 aromatic carbocycles. The molecule has 0 aliphatic rings. The Morgan fingerprint density at radius 3 is 0.767 bits per heavy atom. The molecular weight excluding hydrogens is 592 g/mol. The van der Waals surface area contributed by atoms with Crippen LogP contribution in [-0.4, -0.2) is 131 Å². The third-order valence-corrected chi connectivity index (χ3v) is 3.61. The Labute approximate surface area is 249 Å². The summed E-state index contributed by atoms with van der Waals surface area (Å²) in [5.41, 5.74) is 0. The van der Waals surface area contributed by atoms with Crippen molar-refractivity contribution in [1.29, 1.82) is 0 Å². The predicted molar refractivity (Wildman–Crippen MR) is 136 cm³/mol. The molecule has 43 heavy (non-hydrogen) atoms. The van der Waals surface area contributed by atoms with Gasteiger partial charge >= 0.3 is 11.9 Å². The Bertz CT molecular complexity index is 586. The molecule has 0 unspecified atom stereocenters. The molecule has 0 fully saturated rings. The molecule has 0 aromatic rings. The number of carbonyl (C=O) groups is 2. The average molecular weight is 635 g/mol. The predicted octanol–water partition coefficient (Wildman–Crippen LogP) is 0.0988. The SMILES string of the molecule is C=CC(=O)OCCOCCOOCCOOCCOOCCOOCCOOCCOOCCOOCCOC(=O)C=C. The van der Waals surface area contributed by atoms with Gasteiger partial charge in [-0.2, -0.15) is 0 Å². The van der Waals surface area contributed by atoms with E-state index in [4.69, 9.17) is 77.9 Å². The Kier molecular flexibility index (Phi) is 34.2. The minimum atomic E-state index is -0.538. The molecule has 0 heterocycles. The van der Waals surface area contributed by atoms with Crippen LogP contribution in [0.25, 0.3) is 0 Å². The zero-order valence-electron chi connectivity index (χ0n) is 24.1. The second-order valence-electron chi connectivity index (χ2n) is 6.86. The molecular formula is C24H42O19. The van der Waals surface area contributed by atoms with Gasteiger partial charge in [-0.1, -0.05) is 13.2 Å². The Balaban J connectivity index is 3.07. The standard InChI is InChI=1S/C24H42O19/c1-3-23(25)28-7-5-27-6-9-30-32-11-13-34-36-15-17-38-40-19-21-42-43-22-20-41-39-18-16-37-35-14-12-33-31-10-8-29-24(26)4-2/h3-4H,1-2,5-22H2. The maximum Gasteiger partial charge on any atom is 0.330 e. The zero-order valence-corrected chi connectivity index (χ0v) is 24.1. The topological polar surface area (TPSA) is 191 Å². The first kappa shape index (κ1) is 40.8. The number of hydrogen-bond acceptors (Lipinski definition) is 19. The van der Waals surface area contributed by atoms with Crippen molar-refractivity contribution in [2.24, 2.45) is 0 Å². The number of carbonyl (C=O) groups excluding carboxylic acids is 2. The van der Waals surface area contributed by atoms with Gasteiger partial charge in [-0.05, 0) is 0 Å². The van der Waals surface area contributed by atoms with Crippen LogP contribution in [0.2, 0.25) is 0 Å². The molecule has 0 spiro atoms. The monoisotopic (exact) mass is 634 g/mol. The molecule has 0 saturated heterocycles. The number of rotatable bonds is 36. The minimum Gasteiger partial charge on any atom is -0.460 e. The van der Waals surface area contributed by atoms with Crippen LogP contribution in [0, 0.1) is 0 Å². The summed E-state index contributed by atoms with van der Waals surface area (Å²) >= 11 is 0. The summed E-state index contributed by atoms with van der Waals surface area (Å²) < 4.78 is 14.6. The van der Waals surface area contributed by atoms with E-state index in [1.54, 1.807) is 0 Å². The van der Waals surface area contributed by atoms with E-state index in [0.717, 1.165) is 12.2 Å². The van der Waals surface area contributed by atoms with Crippen molar-refractivity contribution in [3.8, 4) is 0 Å². The van der Waals surface area contributed by atoms with Gasteiger partial charge in [0.1, 0.15) is 106 Å². The highest BCUT2D eigenvalue weighted by atomic mass is 17.3. The van der Waals surface area contributed by atoms with E-state index in [-0.39, 0.29) is 119 Å². The highest BCUT2D eigenvalue weighted by molar-refractivity contribution is 5.81. The van der Waals surface area contributed by atoms with Gasteiger partial charge in [0.2, 0.25) is 0 Å². The van der Waals surface area contributed by atoms with Gasteiger partial charge in [-0.15, -0.1) is 0 Å². The van der Waals surface area contributed by atoms with Crippen LogP contribution in [0.15, 0.2) is 25.3 Å². The Hall–Kier alpha value is -2.18. The summed E-state index contributed by atoms with van der Waals surface area (Å²) in [6, 6.07) is 0. The van der Waals surface area contributed by atoms with Gasteiger partial charge in [-0.3, -0.25) is 0 Å². The van der Waals surface area contributed by atoms with E-state index in [1.165, 1.54) is 0 Å². The van der Waals surface area contributed by atoms with Crippen molar-refractivity contribution < 1.29 is 92.2 Å². The summed E-state index contributed by atoms with van der Waals surface area (Å²) in [6.07, 6.45) is 2.13. The first-order valence-electron chi connectivity index (χ1n) is 13.1. The van der Waals surface area contributed by atoms with Crippen LogP contribution in [-0.2, 0) is 92.2 Å². The molecule has 0 bridgehead atoms. The molecule has 0 aliphatic heterocycles. The first-order valence-corrected chi connectivity index (χ1v) is 13.1. The normalized spacial score (nSPS) is 11.0. The summed E-state index contributed by atoms with van der Waals surface area (Å²) in [5, 5.41) is 0. The van der Waals surface area contributed by atoms with Crippen molar-refractivity contribution in [3.63, 3.8) is 0 Å². The van der Waals surface area contributed by atoms with Gasteiger partial charge in [-0.25, -0.2) is 78.0 Å². The molecule has 0 radical (unpaired) electrons. The summed E-state index contributed by atoms with van der Waals surface area (Å²) in [6.45, 7) is 8.95. The lowest BCUT2D eigenvalue weighted by Gasteiger charge is -2.07. The lowest BCUT2D eigenvalue weighted by molar-refractivity contribution is -0.376. The van der Waals surface area contributed by atoms with Crippen LogP contribution in [0.3, 0.4) is 0 Å². The van der Waals surface area contributed by atoms with Crippen molar-refractivity contribution in [2.45, 2.75) is 0 Å². The molecule has 0 saturated carbocycles. The molecule has 0 amide bonds. The van der Waals surface area contributed by atoms with Crippen LogP contribution in [0.1, 0.15) is 0 Å². The number of esters is 2. The Morgan fingerprint density at radius 2 is 0.512 bits per heavy atom. The average Bonchev–Trinajstić information content (AvgIpc) is 3.02. The molecule has 0 aromatic heterocycles. The molecule has 19 heteroatoms. The summed E-state index contributed by atoms with van der Waals surface area (Å²) in [4.78, 5) is 89.2. The van der Waals surface area contributed by atoms with E-state index in [9.17, 15) is 9.59 Å². The molecule has 0 aliphatic carbocycles. The van der Waals surface area contributed by atoms with Crippen molar-refractivity contribution in [3.05, 3.63) is 25.3 Å². The van der Waals surface area contributed by atoms with E-state index >= 15 is 0 Å². The van der Waals surface area contributed by atoms with Crippen LogP contribution in [0.5, 0.6) is 0 Å². The fourth-order valence-corrected chi connectivity index (χ4v) is 1.92. The largest absolute Gasteiger partial charge is 0.460 e. The zero-order chi connectivity index (χ0) is 31.3. The highest BCUT2D eigenvalue weighted by Crippen LogP contribution is 1.90. The van der Waals surface area contributed by atoms with Gasteiger partial charge in [0.25, 0.3) is 0 Å². The maximum atomic E-state index is 10.8. The van der Waals surface area contributed by atoms with E-state index in [0.29, 0.717) is 0 Å². The fourth-order valence-electron chi connectivity index (χ4n) is 1.92. The molecule has 252 valence electrons. The molecule has 0 N–H and O–H groups in total. The maximum absolute atomic E-state index is 10.8. The van der Waals surface area contributed by atoms with Crippen molar-refractivity contribution in [2.75, 3.05) is 119 Å². The minimum absolute atomic E-state index is 0.0473. The smallest absolute Gasteiger partial charge is 0.330 e. The lowest BCUT2D eigenvalue weighted by Crippen LogP contribution is -2.14. The molecule has 0 atom stereocenters. The lowest BCUT2D eigenvalue weighted by atomic mass is 10.6. The van der Waals surface area contributed by atoms with Crippen LogP contribution < -0.4 is 0 Å². The quantitative estimate of drug-likeness (QED) is 0.0296. The van der Waals surface area contributed by atoms with E-state index in [2.05, 4.69) is 17.9 Å². The molecule has 0 rings (SSSR count). The van der Waals surface area contributed by atoms with Gasteiger partial charge in [0.05, 0.1) is 13.2 Å². The first-order chi connectivity index (χ1) is 21.2. The summed E-state index contributed by atoms with van der Waals surface area (Å²) in [5.74, 6) is -1.04. The highest BCUT2D eigenvalue weighted by Gasteiger charge is 1.99. The van der Waals surface area contributed by atoms with Gasteiger partial charge in [0, 0.05) is 12.2 Å². The van der Waals surface area contributed by atoms with Crippen LogP contribution >= 0.6 is 0 Å². The second-order valence-corrected chi connectivity index (χ2v) is 6.86. The molecule has 19 nitrogen and oxygen atoms in total. The summed E-state index contributed by atoms with van der Waals surface area (Å²) in [7, 11) is 0. The second kappa shape index (κ2) is 36.0. The van der Waals surface area contributed by atoms with Crippen molar-refractivity contribution in [1.82, 2.24) is 0 Å². The number of ether oxygens (including phenoxy) is 3. The number of hydrogen-bond donors (Lipinski definition) is 0. The fraction of sp³-hybridized carbons (Fsp3) is 0.750. The van der Waals surface area contributed by atoms with Gasteiger partial charge < -0.3 is 14.2 Å². The third-order valence-electron chi connectivity index (χ3n) is 3.61. The van der Waals surface area contributed by atoms with E-state index < -0.39 is 11.9 Å².